The molecule has 1 aliphatic carbocycles. The minimum Gasteiger partial charge on any atom is -0.466 e. The molecule has 6 heteroatoms. The van der Waals surface area contributed by atoms with Crippen LogP contribution in [0.2, 0.25) is 0 Å². The van der Waals surface area contributed by atoms with Crippen LogP contribution in [-0.4, -0.2) is 48.0 Å². The number of esters is 2. The van der Waals surface area contributed by atoms with Crippen molar-refractivity contribution in [2.24, 2.45) is 16.7 Å². The first-order chi connectivity index (χ1) is 11.2. The molecule has 1 saturated carbocycles. The molecule has 1 amide bonds. The van der Waals surface area contributed by atoms with Crippen LogP contribution in [-0.2, 0) is 23.9 Å². The highest BCUT2D eigenvalue weighted by Crippen LogP contribution is 2.66. The van der Waals surface area contributed by atoms with Crippen LogP contribution in [0.25, 0.3) is 0 Å². The van der Waals surface area contributed by atoms with Gasteiger partial charge in [0, 0.05) is 18.5 Å². The molecule has 0 spiro atoms. The molecule has 2 saturated heterocycles. The fourth-order valence-corrected chi connectivity index (χ4v) is 4.59. The molecule has 2 bridgehead atoms. The Morgan fingerprint density at radius 1 is 1.29 bits per heavy atom. The predicted octanol–water partition coefficient (Wildman–Crippen LogP) is 1.91. The molecule has 0 aromatic heterocycles. The molecule has 0 N–H and O–H groups in total. The van der Waals surface area contributed by atoms with Gasteiger partial charge in [0.05, 0.1) is 17.9 Å². The van der Waals surface area contributed by atoms with Gasteiger partial charge in [-0.2, -0.15) is 0 Å². The third-order valence-corrected chi connectivity index (χ3v) is 6.76. The molecule has 3 fully saturated rings. The number of nitrogens with zero attached hydrogens (tertiary/aromatic N) is 1. The minimum absolute atomic E-state index is 0.143. The first-order valence-corrected chi connectivity index (χ1v) is 8.89. The van der Waals surface area contributed by atoms with Crippen molar-refractivity contribution in [2.75, 3.05) is 19.7 Å². The highest BCUT2D eigenvalue weighted by atomic mass is 16.6. The molecule has 3 aliphatic rings. The maximum Gasteiger partial charge on any atom is 0.313 e. The number of hydrogen-bond acceptors (Lipinski definition) is 5. The molecule has 0 unspecified atom stereocenters. The fourth-order valence-electron chi connectivity index (χ4n) is 4.59. The van der Waals surface area contributed by atoms with Gasteiger partial charge in [-0.15, -0.1) is 0 Å². The average Bonchev–Trinajstić information content (AvgIpc) is 2.85. The molecular formula is C18H27NO5. The van der Waals surface area contributed by atoms with Crippen molar-refractivity contribution in [3.8, 4) is 0 Å². The van der Waals surface area contributed by atoms with Crippen molar-refractivity contribution in [3.63, 3.8) is 0 Å². The van der Waals surface area contributed by atoms with Crippen LogP contribution in [0.15, 0.2) is 0 Å². The van der Waals surface area contributed by atoms with Gasteiger partial charge in [-0.1, -0.05) is 13.8 Å². The van der Waals surface area contributed by atoms with Crippen LogP contribution < -0.4 is 0 Å². The van der Waals surface area contributed by atoms with Gasteiger partial charge < -0.3 is 14.4 Å². The number of rotatable bonds is 3. The Morgan fingerprint density at radius 3 is 2.54 bits per heavy atom. The molecular weight excluding hydrogens is 310 g/mol. The Kier molecular flexibility index (Phi) is 3.92. The van der Waals surface area contributed by atoms with Gasteiger partial charge in [-0.05, 0) is 39.5 Å². The molecule has 3 atom stereocenters. The summed E-state index contributed by atoms with van der Waals surface area (Å²) in [5, 5.41) is 0. The maximum atomic E-state index is 13.3. The average molecular weight is 337 g/mol. The predicted molar refractivity (Wildman–Crippen MR) is 85.9 cm³/mol. The first-order valence-electron chi connectivity index (χ1n) is 8.89. The van der Waals surface area contributed by atoms with Crippen LogP contribution in [0.1, 0.15) is 53.4 Å². The van der Waals surface area contributed by atoms with E-state index in [1.54, 1.807) is 11.8 Å². The zero-order valence-electron chi connectivity index (χ0n) is 15.0. The van der Waals surface area contributed by atoms with E-state index in [1.165, 1.54) is 0 Å². The fraction of sp³-hybridized carbons (Fsp3) is 0.833. The standard InChI is InChI=1S/C18H27NO5/c1-5-23-13(20)12-7-6-10-19(11-12)14(21)18-9-8-17(4,15(22)24-18)16(18,2)3/h12H,5-11H2,1-4H3/t12-,17+,18-/m1/s1. The third-order valence-electron chi connectivity index (χ3n) is 6.76. The molecule has 0 aromatic rings. The van der Waals surface area contributed by atoms with E-state index in [4.69, 9.17) is 9.47 Å². The molecule has 2 heterocycles. The smallest absolute Gasteiger partial charge is 0.313 e. The lowest BCUT2D eigenvalue weighted by atomic mass is 9.66. The largest absolute Gasteiger partial charge is 0.466 e. The van der Waals surface area contributed by atoms with Gasteiger partial charge in [-0.25, -0.2) is 0 Å². The number of carbonyl (C=O) groups excluding carboxylic acids is 3. The van der Waals surface area contributed by atoms with Crippen LogP contribution >= 0.6 is 0 Å². The summed E-state index contributed by atoms with van der Waals surface area (Å²) in [7, 11) is 0. The summed E-state index contributed by atoms with van der Waals surface area (Å²) >= 11 is 0. The zero-order chi connectivity index (χ0) is 17.8. The third kappa shape index (κ3) is 2.04. The summed E-state index contributed by atoms with van der Waals surface area (Å²) in [5.41, 5.74) is -2.25. The Hall–Kier alpha value is -1.59. The van der Waals surface area contributed by atoms with Crippen LogP contribution in [0.5, 0.6) is 0 Å². The van der Waals surface area contributed by atoms with Gasteiger partial charge in [0.15, 0.2) is 5.60 Å². The molecule has 0 radical (unpaired) electrons. The van der Waals surface area contributed by atoms with E-state index in [-0.39, 0.29) is 23.8 Å². The monoisotopic (exact) mass is 337 g/mol. The van der Waals surface area contributed by atoms with Crippen LogP contribution in [0, 0.1) is 16.7 Å². The number of likely N-dealkylation sites (tertiary alicyclic amines) is 1. The minimum atomic E-state index is -1.09. The van der Waals surface area contributed by atoms with Crippen LogP contribution in [0.3, 0.4) is 0 Å². The Morgan fingerprint density at radius 2 is 2.00 bits per heavy atom. The summed E-state index contributed by atoms with van der Waals surface area (Å²) in [6.45, 7) is 8.88. The van der Waals surface area contributed by atoms with Crippen molar-refractivity contribution in [1.82, 2.24) is 4.90 Å². The first kappa shape index (κ1) is 17.2. The Balaban J connectivity index is 1.82. The number of fused-ring (bicyclic) bond motifs is 2. The van der Waals surface area contributed by atoms with Gasteiger partial charge in [0.1, 0.15) is 0 Å². The molecule has 3 rings (SSSR count). The number of carbonyl (C=O) groups is 3. The van der Waals surface area contributed by atoms with E-state index >= 15 is 0 Å². The quantitative estimate of drug-likeness (QED) is 0.736. The summed E-state index contributed by atoms with van der Waals surface area (Å²) in [5.74, 6) is -0.944. The summed E-state index contributed by atoms with van der Waals surface area (Å²) in [4.78, 5) is 39.4. The zero-order valence-corrected chi connectivity index (χ0v) is 15.0. The van der Waals surface area contributed by atoms with Crippen molar-refractivity contribution >= 4 is 17.8 Å². The van der Waals surface area contributed by atoms with Gasteiger partial charge in [0.2, 0.25) is 0 Å². The molecule has 24 heavy (non-hydrogen) atoms. The second-order valence-electron chi connectivity index (χ2n) is 8.02. The molecule has 6 nitrogen and oxygen atoms in total. The number of amides is 1. The maximum absolute atomic E-state index is 13.3. The Labute approximate surface area is 142 Å². The number of hydrogen-bond donors (Lipinski definition) is 0. The van der Waals surface area contributed by atoms with Crippen molar-refractivity contribution < 1.29 is 23.9 Å². The highest BCUT2D eigenvalue weighted by molar-refractivity contribution is 5.96. The normalized spacial score (nSPS) is 37.2. The lowest BCUT2D eigenvalue weighted by molar-refractivity contribution is -0.176. The van der Waals surface area contributed by atoms with E-state index < -0.39 is 16.4 Å². The van der Waals surface area contributed by atoms with Gasteiger partial charge in [-0.3, -0.25) is 14.4 Å². The van der Waals surface area contributed by atoms with Gasteiger partial charge in [0.25, 0.3) is 5.91 Å². The molecule has 2 aliphatic heterocycles. The van der Waals surface area contributed by atoms with Crippen molar-refractivity contribution in [1.29, 1.82) is 0 Å². The SMILES string of the molecule is CCOC(=O)[C@@H]1CCCN(C(=O)[C@@]23CC[C@@](C)(C(=O)O2)C3(C)C)C1. The number of piperidine rings is 1. The summed E-state index contributed by atoms with van der Waals surface area (Å²) < 4.78 is 10.8. The molecule has 0 aromatic carbocycles. The van der Waals surface area contributed by atoms with Gasteiger partial charge >= 0.3 is 11.9 Å². The number of ether oxygens (including phenoxy) is 2. The van der Waals surface area contributed by atoms with Crippen molar-refractivity contribution in [2.45, 2.75) is 59.0 Å². The van der Waals surface area contributed by atoms with E-state index in [9.17, 15) is 14.4 Å². The summed E-state index contributed by atoms with van der Waals surface area (Å²) in [6, 6.07) is 0. The van der Waals surface area contributed by atoms with E-state index in [0.717, 1.165) is 12.8 Å². The second-order valence-corrected chi connectivity index (χ2v) is 8.02. The highest BCUT2D eigenvalue weighted by Gasteiger charge is 2.76. The topological polar surface area (TPSA) is 72.9 Å². The van der Waals surface area contributed by atoms with E-state index in [1.807, 2.05) is 20.8 Å². The lowest BCUT2D eigenvalue weighted by Gasteiger charge is -2.41. The van der Waals surface area contributed by atoms with Crippen molar-refractivity contribution in [3.05, 3.63) is 0 Å². The lowest BCUT2D eigenvalue weighted by Crippen LogP contribution is -2.57. The van der Waals surface area contributed by atoms with E-state index in [0.29, 0.717) is 32.5 Å². The Bertz CT molecular complexity index is 586. The van der Waals surface area contributed by atoms with Crippen LogP contribution in [0.4, 0.5) is 0 Å². The molecule has 134 valence electrons. The summed E-state index contributed by atoms with van der Waals surface area (Å²) in [6.07, 6.45) is 2.72. The second kappa shape index (κ2) is 5.46. The van der Waals surface area contributed by atoms with E-state index in [2.05, 4.69) is 0 Å².